The van der Waals surface area contributed by atoms with Gasteiger partial charge in [-0.25, -0.2) is 0 Å². The van der Waals surface area contributed by atoms with Crippen molar-refractivity contribution in [2.24, 2.45) is 5.73 Å². The van der Waals surface area contributed by atoms with Crippen LogP contribution in [0.1, 0.15) is 52.6 Å². The molecule has 3 heterocycles. The Morgan fingerprint density at radius 2 is 0.587 bits per heavy atom. The monoisotopic (exact) mass is 2440 g/mol. The van der Waals surface area contributed by atoms with Crippen molar-refractivity contribution in [3.8, 4) is 11.5 Å². The van der Waals surface area contributed by atoms with Gasteiger partial charge in [0.1, 0.15) is 29.1 Å². The van der Waals surface area contributed by atoms with E-state index >= 15 is 38.4 Å². The second-order valence-electron chi connectivity index (χ2n) is 35.9. The first-order valence-electron chi connectivity index (χ1n) is 48.4. The van der Waals surface area contributed by atoms with E-state index in [-0.39, 0.29) is 133 Å². The lowest BCUT2D eigenvalue weighted by molar-refractivity contribution is -0.920. The zero-order chi connectivity index (χ0) is 108. The molecule has 1 fully saturated rings. The molecule has 1 atom stereocenters. The molecule has 0 saturated carbocycles. The number of para-hydroxylation sites is 2. The molecule has 150 heavy (non-hydrogen) atoms. The standard InChI is InChI=1S/C107H116Br6N16O21/c108-82-23-11-74(12-24-82)35-48-119(61-90(114)130)93(133)62-120(49-36-75-13-25-83(109)26-14-75)94(134)63-121(50-37-76-15-27-84(110)28-16-76)95(135)64-122(51-38-77-17-29-85(111)30-18-77)96(136)65-123(52-39-78-19-31-86(112)32-20-78)97(137)66-124(53-40-79-21-33-87(113)34-22-79)98(138)67-125(54-41-103(143)144)99(139)68-126(55-42-104(145)146)100(140)69-127(56-43-105(147)148)101(141)70-128(102(142)73-150-89-10-2-6-81-8-4-45-118-107(81)89)57-60-129(58-46-115-91(131)71-129)59-47-116-92(132)72-149-88-9-1-5-80-7-3-44-117-106(80)88/h1-34,44-45H,35-43,46-73H2,(H6-,114,115,116,130,131,132,143,144,145,146,147,148)/p+1. The third-order valence-corrected chi connectivity index (χ3v) is 28.3. The molecule has 1 unspecified atom stereocenters. The predicted octanol–water partition coefficient (Wildman–Crippen LogP) is 9.53. The van der Waals surface area contributed by atoms with Crippen molar-refractivity contribution in [3.05, 3.63) is 279 Å². The average molecular weight is 2440 g/mol. The van der Waals surface area contributed by atoms with Crippen molar-refractivity contribution in [2.75, 3.05) is 183 Å². The number of amides is 13. The maximum atomic E-state index is 15.8. The summed E-state index contributed by atoms with van der Waals surface area (Å²) in [6.07, 6.45) is 1.81. The molecule has 1 aliphatic heterocycles. The van der Waals surface area contributed by atoms with Crippen LogP contribution in [0.4, 0.5) is 0 Å². The number of nitrogens with two attached hydrogens (primary N) is 1. The first-order valence-corrected chi connectivity index (χ1v) is 53.2. The van der Waals surface area contributed by atoms with Crippen LogP contribution in [0.3, 0.4) is 0 Å². The van der Waals surface area contributed by atoms with Crippen LogP contribution >= 0.6 is 95.6 Å². The smallest absolute Gasteiger partial charge is 0.305 e. The number of hydrogen-bond donors (Lipinski definition) is 6. The predicted molar refractivity (Wildman–Crippen MR) is 579 cm³/mol. The fourth-order valence-electron chi connectivity index (χ4n) is 16.6. The van der Waals surface area contributed by atoms with E-state index in [1.165, 1.54) is 30.7 Å². The van der Waals surface area contributed by atoms with Crippen molar-refractivity contribution in [2.45, 2.75) is 57.8 Å². The number of carbonyl (C=O) groups excluding carboxylic acids is 13. The molecule has 0 bridgehead atoms. The van der Waals surface area contributed by atoms with Crippen LogP contribution in [0.25, 0.3) is 21.8 Å². The summed E-state index contributed by atoms with van der Waals surface area (Å²) in [6, 6.07) is 60.9. The van der Waals surface area contributed by atoms with E-state index in [9.17, 15) is 53.7 Å². The maximum Gasteiger partial charge on any atom is 0.305 e. The summed E-state index contributed by atoms with van der Waals surface area (Å²) in [5.74, 6) is -14.0. The number of benzene rings is 8. The molecule has 2 aromatic heterocycles. The molecule has 8 aromatic carbocycles. The van der Waals surface area contributed by atoms with Gasteiger partial charge in [0.25, 0.3) is 17.7 Å². The number of aliphatic carboxylic acids is 3. The highest BCUT2D eigenvalue weighted by atomic mass is 79.9. The van der Waals surface area contributed by atoms with Crippen LogP contribution in [-0.2, 0) is 115 Å². The Morgan fingerprint density at radius 1 is 0.327 bits per heavy atom. The molecular weight excluding hydrogens is 2320 g/mol. The number of primary amides is 1. The summed E-state index contributed by atoms with van der Waals surface area (Å²) in [5, 5.41) is 37.8. The van der Waals surface area contributed by atoms with Crippen molar-refractivity contribution < 1.29 is 106 Å². The van der Waals surface area contributed by atoms with Gasteiger partial charge in [0.2, 0.25) is 59.1 Å². The van der Waals surface area contributed by atoms with Gasteiger partial charge in [-0.3, -0.25) is 86.7 Å². The van der Waals surface area contributed by atoms with Crippen LogP contribution in [0.5, 0.6) is 11.5 Å². The summed E-state index contributed by atoms with van der Waals surface area (Å²) < 4.78 is 16.5. The number of rotatable bonds is 59. The molecule has 0 radical (unpaired) electrons. The number of nitrogens with zero attached hydrogens (tertiary/aromatic N) is 13. The number of carboxylic acid groups (broad SMARTS) is 3. The van der Waals surface area contributed by atoms with E-state index in [2.05, 4.69) is 116 Å². The van der Waals surface area contributed by atoms with Crippen LogP contribution in [-0.4, -0.2) is 357 Å². The highest BCUT2D eigenvalue weighted by Gasteiger charge is 2.38. The zero-order valence-corrected chi connectivity index (χ0v) is 91.8. The van der Waals surface area contributed by atoms with Crippen molar-refractivity contribution >= 4 is 212 Å². The van der Waals surface area contributed by atoms with E-state index in [0.717, 1.165) is 74.5 Å². The van der Waals surface area contributed by atoms with Crippen molar-refractivity contribution in [1.82, 2.24) is 69.6 Å². The third kappa shape index (κ3) is 38.8. The first-order chi connectivity index (χ1) is 71.9. The quantitative estimate of drug-likeness (QED) is 0.0193. The minimum absolute atomic E-state index is 0.0118. The zero-order valence-electron chi connectivity index (χ0n) is 82.3. The molecule has 1 saturated heterocycles. The molecule has 13 amide bonds. The Balaban J connectivity index is 0.855. The number of aromatic nitrogens is 2. The number of carbonyl (C=O) groups is 16. The second kappa shape index (κ2) is 59.2. The lowest BCUT2D eigenvalue weighted by Crippen LogP contribution is -2.64. The van der Waals surface area contributed by atoms with Gasteiger partial charge in [0, 0.05) is 109 Å². The lowest BCUT2D eigenvalue weighted by Gasteiger charge is -2.42. The van der Waals surface area contributed by atoms with Gasteiger partial charge in [0.05, 0.1) is 117 Å². The number of quaternary nitrogens is 1. The number of pyridine rings is 2. The van der Waals surface area contributed by atoms with Crippen LogP contribution < -0.4 is 25.8 Å². The summed E-state index contributed by atoms with van der Waals surface area (Å²) in [6.45, 7) is -11.5. The number of fused-ring (bicyclic) bond motifs is 2. The van der Waals surface area contributed by atoms with E-state index in [1.807, 2.05) is 97.1 Å². The van der Waals surface area contributed by atoms with Gasteiger partial charge in [-0.1, -0.05) is 205 Å². The van der Waals surface area contributed by atoms with Gasteiger partial charge in [-0.15, -0.1) is 0 Å². The number of ether oxygens (including phenoxy) is 2. The summed E-state index contributed by atoms with van der Waals surface area (Å²) >= 11 is 20.9. The van der Waals surface area contributed by atoms with Gasteiger partial charge in [-0.2, -0.15) is 0 Å². The summed E-state index contributed by atoms with van der Waals surface area (Å²) in [5.41, 5.74) is 11.2. The minimum atomic E-state index is -1.47. The van der Waals surface area contributed by atoms with E-state index in [1.54, 1.807) is 115 Å². The third-order valence-electron chi connectivity index (χ3n) is 25.1. The molecule has 7 N–H and O–H groups in total. The molecular formula is C107H117Br6N16O21+. The molecule has 0 spiro atoms. The highest BCUT2D eigenvalue weighted by Crippen LogP contribution is 2.27. The molecule has 792 valence electrons. The molecule has 37 nitrogen and oxygen atoms in total. The van der Waals surface area contributed by atoms with Crippen molar-refractivity contribution in [1.29, 1.82) is 0 Å². The second-order valence-corrected chi connectivity index (χ2v) is 41.4. The molecule has 1 aliphatic rings. The minimum Gasteiger partial charge on any atom is -0.481 e. The fraction of sp³-hybridized carbons (Fsp3) is 0.346. The van der Waals surface area contributed by atoms with Crippen molar-refractivity contribution in [3.63, 3.8) is 0 Å². The number of piperazine rings is 1. The normalized spacial score (nSPS) is 12.6. The van der Waals surface area contributed by atoms with Crippen LogP contribution in [0.2, 0.25) is 0 Å². The molecule has 43 heteroatoms. The highest BCUT2D eigenvalue weighted by molar-refractivity contribution is 9.11. The SMILES string of the molecule is NC(=O)CN(CCc1ccc(Br)cc1)C(=O)CN(CCc1ccc(Br)cc1)C(=O)CN(CCc1ccc(Br)cc1)C(=O)CN(CCc1ccc(Br)cc1)C(=O)CN(CCc1ccc(Br)cc1)C(=O)CN(CCc1ccc(Br)cc1)C(=O)CN(CCC(=O)O)C(=O)CN(CCC(=O)O)C(=O)CN(CCC(=O)O)C(=O)CN(CC[N+]1(CCNC(=O)COc2cccc3cccnc23)CCNC(=O)C1)C(=O)COc1cccc2cccnc12. The Bertz CT molecular complexity index is 6380. The lowest BCUT2D eigenvalue weighted by atomic mass is 10.1. The van der Waals surface area contributed by atoms with E-state index < -0.39 is 200 Å². The van der Waals surface area contributed by atoms with Crippen LogP contribution in [0.15, 0.2) is 245 Å². The number of nitrogens with one attached hydrogen (secondary N) is 2. The Labute approximate surface area is 917 Å². The number of carboxylic acids is 3. The molecule has 10 aromatic rings. The average Bonchev–Trinajstić information content (AvgIpc) is 0.825. The maximum absolute atomic E-state index is 15.8. The largest absolute Gasteiger partial charge is 0.481 e. The fourth-order valence-corrected chi connectivity index (χ4v) is 18.2. The Morgan fingerprint density at radius 3 is 0.860 bits per heavy atom. The molecule has 0 aliphatic carbocycles. The summed E-state index contributed by atoms with van der Waals surface area (Å²) in [4.78, 5) is 251. The van der Waals surface area contributed by atoms with Gasteiger partial charge in [0.15, 0.2) is 19.8 Å². The number of hydrogen-bond acceptors (Lipinski definition) is 20. The van der Waals surface area contributed by atoms with Crippen LogP contribution in [0, 0.1) is 0 Å². The van der Waals surface area contributed by atoms with Gasteiger partial charge >= 0.3 is 17.9 Å². The van der Waals surface area contributed by atoms with Gasteiger partial charge in [-0.05, 0) is 169 Å². The number of halogens is 6. The first kappa shape index (κ1) is 117. The van der Waals surface area contributed by atoms with E-state index in [4.69, 9.17) is 15.2 Å². The Kier molecular flexibility index (Phi) is 46.1. The Hall–Kier alpha value is -13.5. The summed E-state index contributed by atoms with van der Waals surface area (Å²) in [7, 11) is 0. The topological polar surface area (TPSA) is 461 Å². The van der Waals surface area contributed by atoms with Gasteiger partial charge < -0.3 is 94.6 Å². The molecule has 11 rings (SSSR count). The van der Waals surface area contributed by atoms with E-state index in [0.29, 0.717) is 50.7 Å².